The Morgan fingerprint density at radius 3 is 2.47 bits per heavy atom. The van der Waals surface area contributed by atoms with E-state index in [1.54, 1.807) is 19.1 Å². The fraction of sp³-hybridized carbons (Fsp3) is 0.261. The van der Waals surface area contributed by atoms with Gasteiger partial charge in [0, 0.05) is 12.5 Å². The van der Waals surface area contributed by atoms with E-state index >= 15 is 0 Å². The van der Waals surface area contributed by atoms with Crippen molar-refractivity contribution in [2.45, 2.75) is 34.2 Å². The van der Waals surface area contributed by atoms with Crippen LogP contribution in [0.2, 0.25) is 0 Å². The molecule has 1 aliphatic heterocycles. The van der Waals surface area contributed by atoms with Crippen molar-refractivity contribution in [3.05, 3.63) is 62.4 Å². The van der Waals surface area contributed by atoms with Crippen LogP contribution < -0.4 is 10.6 Å². The molecule has 0 radical (unpaired) electrons. The van der Waals surface area contributed by atoms with E-state index in [0.717, 1.165) is 10.1 Å². The third kappa shape index (κ3) is 4.16. The van der Waals surface area contributed by atoms with Crippen LogP contribution in [0.25, 0.3) is 6.08 Å². The number of aromatic nitrogens is 1. The number of amides is 1. The molecule has 3 rings (SSSR count). The summed E-state index contributed by atoms with van der Waals surface area (Å²) in [6.45, 7) is 6.03. The Morgan fingerprint density at radius 1 is 1.22 bits per heavy atom. The molecule has 0 fully saturated rings. The minimum absolute atomic E-state index is 0.146. The number of hydrogen-bond donors (Lipinski definition) is 1. The number of aryl methyl sites for hydroxylation is 1. The van der Waals surface area contributed by atoms with Gasteiger partial charge in [-0.2, -0.15) is 15.4 Å². The molecule has 0 aliphatic carbocycles. The number of nitriles is 1. The zero-order chi connectivity index (χ0) is 23.6. The normalized spacial score (nSPS) is 14.5. The maximum absolute atomic E-state index is 13.1. The van der Waals surface area contributed by atoms with E-state index in [1.165, 1.54) is 24.9 Å². The van der Waals surface area contributed by atoms with E-state index in [1.807, 2.05) is 25.1 Å². The summed E-state index contributed by atoms with van der Waals surface area (Å²) in [6, 6.07) is 9.13. The monoisotopic (exact) mass is 434 g/mol. The molecule has 1 N–H and O–H groups in total. The summed E-state index contributed by atoms with van der Waals surface area (Å²) in [7, 11) is 0. The highest BCUT2D eigenvalue weighted by atomic mass is 16.5. The van der Waals surface area contributed by atoms with Crippen LogP contribution in [-0.4, -0.2) is 33.9 Å². The first kappa shape index (κ1) is 22.5. The van der Waals surface area contributed by atoms with Crippen molar-refractivity contribution in [2.75, 3.05) is 11.6 Å². The molecule has 0 saturated carbocycles. The fourth-order valence-corrected chi connectivity index (χ4v) is 3.32. The maximum atomic E-state index is 13.1. The summed E-state index contributed by atoms with van der Waals surface area (Å²) in [5.41, 5.74) is 1.77. The van der Waals surface area contributed by atoms with Gasteiger partial charge in [0.2, 0.25) is 5.88 Å². The number of benzene rings is 1. The number of anilines is 1. The number of nitrogens with zero attached hydrogens (tertiary/aromatic N) is 4. The van der Waals surface area contributed by atoms with Crippen LogP contribution in [0.15, 0.2) is 39.7 Å². The topological polar surface area (TPSA) is 125 Å². The van der Waals surface area contributed by atoms with Crippen molar-refractivity contribution in [3.63, 3.8) is 0 Å². The maximum Gasteiger partial charge on any atom is 0.302 e. The second-order valence-electron chi connectivity index (χ2n) is 7.34. The summed E-state index contributed by atoms with van der Waals surface area (Å²) in [5.74, 6) is -1.37. The second kappa shape index (κ2) is 8.89. The van der Waals surface area contributed by atoms with Crippen LogP contribution >= 0.6 is 0 Å². The van der Waals surface area contributed by atoms with Gasteiger partial charge in [0.15, 0.2) is 0 Å². The second-order valence-corrected chi connectivity index (χ2v) is 7.34. The van der Waals surface area contributed by atoms with Crippen LogP contribution in [0.5, 0.6) is 5.88 Å². The van der Waals surface area contributed by atoms with Gasteiger partial charge in [0.1, 0.15) is 18.2 Å². The van der Waals surface area contributed by atoms with Crippen molar-refractivity contribution >= 4 is 29.4 Å². The molecular weight excluding hydrogens is 412 g/mol. The van der Waals surface area contributed by atoms with Crippen LogP contribution in [0, 0.1) is 25.2 Å². The zero-order valence-electron chi connectivity index (χ0n) is 18.2. The molecule has 0 spiro atoms. The number of esters is 1. The van der Waals surface area contributed by atoms with Crippen LogP contribution in [0.3, 0.4) is 0 Å². The molecule has 0 unspecified atom stereocenters. The summed E-state index contributed by atoms with van der Waals surface area (Å²) < 4.78 is 5.80. The Labute approximate surface area is 184 Å². The molecule has 1 aromatic heterocycles. The standard InChI is InChI=1S/C23H22N4O5/c1-13-5-7-17(8-6-13)27-23(31)19(15(3)25-27)11-18-14(2)20(12-24)22(30)26(21(18)29)9-10-32-16(4)28/h5-8,11,29H,9-10H2,1-4H3. The molecule has 0 bridgehead atoms. The predicted molar refractivity (Wildman–Crippen MR) is 118 cm³/mol. The highest BCUT2D eigenvalue weighted by Gasteiger charge is 2.30. The molecule has 1 aliphatic rings. The number of rotatable bonds is 5. The molecule has 2 aromatic rings. The Kier molecular flexibility index (Phi) is 6.25. The summed E-state index contributed by atoms with van der Waals surface area (Å²) >= 11 is 0. The molecule has 164 valence electrons. The third-order valence-electron chi connectivity index (χ3n) is 5.10. The Bertz CT molecular complexity index is 1260. The molecule has 1 aromatic carbocycles. The lowest BCUT2D eigenvalue weighted by atomic mass is 10.0. The zero-order valence-corrected chi connectivity index (χ0v) is 18.2. The average molecular weight is 434 g/mol. The van der Waals surface area contributed by atoms with Gasteiger partial charge in [-0.3, -0.25) is 19.0 Å². The fourth-order valence-electron chi connectivity index (χ4n) is 3.32. The van der Waals surface area contributed by atoms with Gasteiger partial charge in [-0.1, -0.05) is 17.7 Å². The lowest BCUT2D eigenvalue weighted by Crippen LogP contribution is -2.27. The number of hydrogen-bond acceptors (Lipinski definition) is 7. The minimum Gasteiger partial charge on any atom is -0.494 e. The molecule has 0 atom stereocenters. The molecule has 32 heavy (non-hydrogen) atoms. The first-order chi connectivity index (χ1) is 15.1. The van der Waals surface area contributed by atoms with Crippen LogP contribution in [0.1, 0.15) is 36.1 Å². The first-order valence-corrected chi connectivity index (χ1v) is 9.84. The largest absolute Gasteiger partial charge is 0.494 e. The van der Waals surface area contributed by atoms with Crippen LogP contribution in [0.4, 0.5) is 5.69 Å². The summed E-state index contributed by atoms with van der Waals surface area (Å²) in [5, 5.41) is 25.8. The van der Waals surface area contributed by atoms with E-state index in [2.05, 4.69) is 5.10 Å². The number of pyridine rings is 1. The lowest BCUT2D eigenvalue weighted by molar-refractivity contribution is -0.141. The van der Waals surface area contributed by atoms with Gasteiger partial charge in [-0.15, -0.1) is 0 Å². The van der Waals surface area contributed by atoms with E-state index in [4.69, 9.17) is 4.74 Å². The van der Waals surface area contributed by atoms with E-state index in [9.17, 15) is 24.8 Å². The molecular formula is C23H22N4O5. The van der Waals surface area contributed by atoms with E-state index in [-0.39, 0.29) is 35.4 Å². The van der Waals surface area contributed by atoms with Crippen molar-refractivity contribution in [3.8, 4) is 11.9 Å². The minimum atomic E-state index is -0.707. The number of aromatic hydroxyl groups is 1. The molecule has 0 saturated heterocycles. The smallest absolute Gasteiger partial charge is 0.302 e. The van der Waals surface area contributed by atoms with Gasteiger partial charge in [0.25, 0.3) is 11.5 Å². The van der Waals surface area contributed by atoms with Gasteiger partial charge < -0.3 is 9.84 Å². The third-order valence-corrected chi connectivity index (χ3v) is 5.10. The number of carbonyl (C=O) groups excluding carboxylic acids is 2. The van der Waals surface area contributed by atoms with Gasteiger partial charge in [-0.25, -0.2) is 0 Å². The van der Waals surface area contributed by atoms with Crippen molar-refractivity contribution in [2.24, 2.45) is 5.10 Å². The van der Waals surface area contributed by atoms with Crippen LogP contribution in [-0.2, 0) is 20.9 Å². The predicted octanol–water partition coefficient (Wildman–Crippen LogP) is 2.41. The van der Waals surface area contributed by atoms with Crippen molar-refractivity contribution in [1.29, 1.82) is 5.26 Å². The summed E-state index contributed by atoms with van der Waals surface area (Å²) in [6.07, 6.45) is 1.42. The van der Waals surface area contributed by atoms with Crippen molar-refractivity contribution < 1.29 is 19.4 Å². The Balaban J connectivity index is 2.07. The Morgan fingerprint density at radius 2 is 1.88 bits per heavy atom. The Hall–Kier alpha value is -4.19. The molecule has 2 heterocycles. The first-order valence-electron chi connectivity index (χ1n) is 9.84. The molecule has 9 heteroatoms. The highest BCUT2D eigenvalue weighted by molar-refractivity contribution is 6.32. The number of hydrazone groups is 1. The molecule has 1 amide bonds. The molecule has 9 nitrogen and oxygen atoms in total. The van der Waals surface area contributed by atoms with E-state index < -0.39 is 23.3 Å². The van der Waals surface area contributed by atoms with E-state index in [0.29, 0.717) is 11.4 Å². The van der Waals surface area contributed by atoms with Crippen molar-refractivity contribution in [1.82, 2.24) is 4.57 Å². The van der Waals surface area contributed by atoms with Gasteiger partial charge in [0.05, 0.1) is 23.5 Å². The van der Waals surface area contributed by atoms with Gasteiger partial charge in [-0.05, 0) is 44.5 Å². The number of ether oxygens (including phenoxy) is 1. The SMILES string of the molecule is CC(=O)OCCn1c(O)c(C=C2C(=O)N(c3ccc(C)cc3)N=C2C)c(C)c(C#N)c1=O. The number of carbonyl (C=O) groups is 2. The lowest BCUT2D eigenvalue weighted by Gasteiger charge is -2.15. The average Bonchev–Trinajstić information content (AvgIpc) is 3.02. The summed E-state index contributed by atoms with van der Waals surface area (Å²) in [4.78, 5) is 36.7. The highest BCUT2D eigenvalue weighted by Crippen LogP contribution is 2.29. The van der Waals surface area contributed by atoms with Gasteiger partial charge >= 0.3 is 5.97 Å². The quantitative estimate of drug-likeness (QED) is 0.569.